The van der Waals surface area contributed by atoms with Gasteiger partial charge in [-0.25, -0.2) is 0 Å². The summed E-state index contributed by atoms with van der Waals surface area (Å²) in [5.41, 5.74) is 1.00. The molecular formula is C17H21NO. The van der Waals surface area contributed by atoms with E-state index in [0.29, 0.717) is 12.6 Å². The van der Waals surface area contributed by atoms with Gasteiger partial charge < -0.3 is 10.4 Å². The zero-order valence-corrected chi connectivity index (χ0v) is 11.2. The normalized spacial score (nSPS) is 17.9. The summed E-state index contributed by atoms with van der Waals surface area (Å²) in [5, 5.41) is 16.2. The molecule has 0 aromatic heterocycles. The number of aliphatic hydroxyl groups excluding tert-OH is 1. The van der Waals surface area contributed by atoms with Crippen LogP contribution in [-0.2, 0) is 0 Å². The molecule has 3 rings (SSSR count). The maximum atomic E-state index is 10.3. The first-order chi connectivity index (χ1) is 9.33. The monoisotopic (exact) mass is 255 g/mol. The summed E-state index contributed by atoms with van der Waals surface area (Å²) in [5.74, 6) is 0. The molecule has 2 aromatic rings. The van der Waals surface area contributed by atoms with Crippen LogP contribution in [0.3, 0.4) is 0 Å². The van der Waals surface area contributed by atoms with E-state index in [1.807, 2.05) is 18.2 Å². The predicted molar refractivity (Wildman–Crippen MR) is 79.2 cm³/mol. The second-order valence-corrected chi connectivity index (χ2v) is 5.51. The number of benzene rings is 2. The van der Waals surface area contributed by atoms with Crippen molar-refractivity contribution in [1.29, 1.82) is 0 Å². The molecule has 2 N–H and O–H groups in total. The highest BCUT2D eigenvalue weighted by molar-refractivity contribution is 5.83. The molecule has 1 fully saturated rings. The summed E-state index contributed by atoms with van der Waals surface area (Å²) in [6.07, 6.45) is 4.74. The Hall–Kier alpha value is -1.38. The fourth-order valence-corrected chi connectivity index (χ4v) is 2.94. The summed E-state index contributed by atoms with van der Waals surface area (Å²) in [6, 6.07) is 15.1. The van der Waals surface area contributed by atoms with Gasteiger partial charge in [-0.15, -0.1) is 0 Å². The Kier molecular flexibility index (Phi) is 3.81. The van der Waals surface area contributed by atoms with Crippen LogP contribution in [0.25, 0.3) is 10.8 Å². The van der Waals surface area contributed by atoms with Crippen molar-refractivity contribution in [3.05, 3.63) is 48.0 Å². The molecule has 1 aliphatic rings. The third-order valence-electron chi connectivity index (χ3n) is 4.11. The molecule has 0 bridgehead atoms. The molecule has 100 valence electrons. The van der Waals surface area contributed by atoms with Crippen LogP contribution in [0.4, 0.5) is 0 Å². The fourth-order valence-electron chi connectivity index (χ4n) is 2.94. The standard InChI is InChI=1S/C17H21NO/c19-17(12-18-16-7-3-4-8-16)15-10-9-13-5-1-2-6-14(13)11-15/h1-2,5-6,9-11,16-19H,3-4,7-8,12H2/t17-/m1/s1. The Morgan fingerprint density at radius 3 is 2.58 bits per heavy atom. The molecule has 0 amide bonds. The Morgan fingerprint density at radius 1 is 1.05 bits per heavy atom. The molecule has 2 heteroatoms. The van der Waals surface area contributed by atoms with Crippen molar-refractivity contribution in [2.75, 3.05) is 6.54 Å². The molecule has 0 heterocycles. The first-order valence-electron chi connectivity index (χ1n) is 7.23. The smallest absolute Gasteiger partial charge is 0.0914 e. The average Bonchev–Trinajstić information content (AvgIpc) is 2.97. The number of hydrogen-bond donors (Lipinski definition) is 2. The van der Waals surface area contributed by atoms with E-state index in [4.69, 9.17) is 0 Å². The van der Waals surface area contributed by atoms with Crippen molar-refractivity contribution in [2.45, 2.75) is 37.8 Å². The molecule has 1 saturated carbocycles. The Bertz CT molecular complexity index is 546. The van der Waals surface area contributed by atoms with Crippen LogP contribution in [-0.4, -0.2) is 17.7 Å². The van der Waals surface area contributed by atoms with Gasteiger partial charge in [0.15, 0.2) is 0 Å². The van der Waals surface area contributed by atoms with Gasteiger partial charge in [0.25, 0.3) is 0 Å². The number of nitrogens with one attached hydrogen (secondary N) is 1. The van der Waals surface area contributed by atoms with E-state index in [-0.39, 0.29) is 0 Å². The molecular weight excluding hydrogens is 234 g/mol. The first-order valence-corrected chi connectivity index (χ1v) is 7.23. The van der Waals surface area contributed by atoms with Crippen molar-refractivity contribution in [1.82, 2.24) is 5.32 Å². The van der Waals surface area contributed by atoms with Gasteiger partial charge in [0.05, 0.1) is 6.10 Å². The minimum absolute atomic E-state index is 0.412. The number of hydrogen-bond acceptors (Lipinski definition) is 2. The third-order valence-corrected chi connectivity index (χ3v) is 4.11. The van der Waals surface area contributed by atoms with Gasteiger partial charge >= 0.3 is 0 Å². The SMILES string of the molecule is O[C@H](CNC1CCCC1)c1ccc2ccccc2c1. The van der Waals surface area contributed by atoms with E-state index in [1.165, 1.54) is 36.5 Å². The molecule has 0 saturated heterocycles. The molecule has 0 spiro atoms. The van der Waals surface area contributed by atoms with Crippen LogP contribution in [0.1, 0.15) is 37.4 Å². The van der Waals surface area contributed by atoms with Crippen LogP contribution in [0.15, 0.2) is 42.5 Å². The van der Waals surface area contributed by atoms with Crippen LogP contribution in [0, 0.1) is 0 Å². The molecule has 1 aliphatic carbocycles. The Morgan fingerprint density at radius 2 is 1.79 bits per heavy atom. The molecule has 0 aliphatic heterocycles. The highest BCUT2D eigenvalue weighted by atomic mass is 16.3. The minimum Gasteiger partial charge on any atom is -0.387 e. The van der Waals surface area contributed by atoms with Gasteiger partial charge in [0, 0.05) is 12.6 Å². The average molecular weight is 255 g/mol. The number of aliphatic hydroxyl groups is 1. The van der Waals surface area contributed by atoms with E-state index >= 15 is 0 Å². The topological polar surface area (TPSA) is 32.3 Å². The molecule has 19 heavy (non-hydrogen) atoms. The highest BCUT2D eigenvalue weighted by Gasteiger charge is 2.16. The lowest BCUT2D eigenvalue weighted by Gasteiger charge is -2.16. The largest absolute Gasteiger partial charge is 0.387 e. The van der Waals surface area contributed by atoms with Gasteiger partial charge in [-0.1, -0.05) is 49.2 Å². The lowest BCUT2D eigenvalue weighted by molar-refractivity contribution is 0.170. The van der Waals surface area contributed by atoms with Gasteiger partial charge in [0.2, 0.25) is 0 Å². The van der Waals surface area contributed by atoms with Crippen molar-refractivity contribution in [3.8, 4) is 0 Å². The summed E-state index contributed by atoms with van der Waals surface area (Å²) < 4.78 is 0. The molecule has 0 radical (unpaired) electrons. The first kappa shape index (κ1) is 12.6. The second-order valence-electron chi connectivity index (χ2n) is 5.51. The third kappa shape index (κ3) is 2.96. The maximum absolute atomic E-state index is 10.3. The molecule has 2 aromatic carbocycles. The Balaban J connectivity index is 1.68. The number of fused-ring (bicyclic) bond motifs is 1. The zero-order valence-electron chi connectivity index (χ0n) is 11.2. The maximum Gasteiger partial charge on any atom is 0.0914 e. The van der Waals surface area contributed by atoms with Crippen molar-refractivity contribution in [3.63, 3.8) is 0 Å². The predicted octanol–water partition coefficient (Wildman–Crippen LogP) is 3.41. The van der Waals surface area contributed by atoms with Crippen LogP contribution in [0.5, 0.6) is 0 Å². The molecule has 0 unspecified atom stereocenters. The molecule has 1 atom stereocenters. The van der Waals surface area contributed by atoms with E-state index in [1.54, 1.807) is 0 Å². The van der Waals surface area contributed by atoms with Crippen molar-refractivity contribution >= 4 is 10.8 Å². The number of rotatable bonds is 4. The zero-order chi connectivity index (χ0) is 13.1. The van der Waals surface area contributed by atoms with Crippen LogP contribution in [0.2, 0.25) is 0 Å². The van der Waals surface area contributed by atoms with E-state index in [9.17, 15) is 5.11 Å². The van der Waals surface area contributed by atoms with E-state index < -0.39 is 6.10 Å². The summed E-state index contributed by atoms with van der Waals surface area (Å²) in [4.78, 5) is 0. The quantitative estimate of drug-likeness (QED) is 0.877. The lowest BCUT2D eigenvalue weighted by Crippen LogP contribution is -2.30. The van der Waals surface area contributed by atoms with Crippen molar-refractivity contribution < 1.29 is 5.11 Å². The van der Waals surface area contributed by atoms with Crippen LogP contribution >= 0.6 is 0 Å². The van der Waals surface area contributed by atoms with Gasteiger partial charge in [0.1, 0.15) is 0 Å². The highest BCUT2D eigenvalue weighted by Crippen LogP contribution is 2.22. The summed E-state index contributed by atoms with van der Waals surface area (Å²) in [6.45, 7) is 0.656. The van der Waals surface area contributed by atoms with Gasteiger partial charge in [-0.05, 0) is 35.2 Å². The van der Waals surface area contributed by atoms with Gasteiger partial charge in [-0.2, -0.15) is 0 Å². The van der Waals surface area contributed by atoms with E-state index in [0.717, 1.165) is 5.56 Å². The van der Waals surface area contributed by atoms with Crippen LogP contribution < -0.4 is 5.32 Å². The molecule has 2 nitrogen and oxygen atoms in total. The fraction of sp³-hybridized carbons (Fsp3) is 0.412. The van der Waals surface area contributed by atoms with Crippen molar-refractivity contribution in [2.24, 2.45) is 0 Å². The Labute approximate surface area is 114 Å². The van der Waals surface area contributed by atoms with E-state index in [2.05, 4.69) is 29.6 Å². The summed E-state index contributed by atoms with van der Waals surface area (Å²) >= 11 is 0. The lowest BCUT2D eigenvalue weighted by atomic mass is 10.0. The second kappa shape index (κ2) is 5.72. The summed E-state index contributed by atoms with van der Waals surface area (Å²) in [7, 11) is 0. The minimum atomic E-state index is -0.412. The van der Waals surface area contributed by atoms with Gasteiger partial charge in [-0.3, -0.25) is 0 Å².